The smallest absolute Gasteiger partial charge is 0.147 e. The Balaban J connectivity index is 2.05. The zero-order valence-electron chi connectivity index (χ0n) is 9.28. The highest BCUT2D eigenvalue weighted by Crippen LogP contribution is 2.09. The lowest BCUT2D eigenvalue weighted by molar-refractivity contribution is 0.215. The number of pyridine rings is 1. The van der Waals surface area contributed by atoms with Crippen molar-refractivity contribution in [3.8, 4) is 0 Å². The fourth-order valence-corrected chi connectivity index (χ4v) is 1.82. The Morgan fingerprint density at radius 3 is 2.56 bits per heavy atom. The minimum atomic E-state index is 0.491. The average molecular weight is 239 g/mol. The van der Waals surface area contributed by atoms with E-state index < -0.39 is 0 Å². The van der Waals surface area contributed by atoms with E-state index in [0.717, 1.165) is 26.2 Å². The number of nitrogens with zero attached hydrogens (tertiary/aromatic N) is 3. The molecule has 0 radical (unpaired) electrons. The van der Waals surface area contributed by atoms with Crippen LogP contribution < -0.4 is 0 Å². The van der Waals surface area contributed by atoms with Gasteiger partial charge in [0.05, 0.1) is 5.02 Å². The first-order chi connectivity index (χ1) is 7.66. The highest BCUT2D eigenvalue weighted by Gasteiger charge is 2.18. The van der Waals surface area contributed by atoms with Gasteiger partial charge in [0.25, 0.3) is 0 Å². The van der Waals surface area contributed by atoms with Gasteiger partial charge in [-0.3, -0.25) is 10.4 Å². The standard InChI is InChI=1S/C11H15ClN4/c1-15-4-6-16(7-5-15)11(13)10-3-2-9(12)8-14-10/h2-3,8,13H,4-7H2,1H3. The summed E-state index contributed by atoms with van der Waals surface area (Å²) in [5.74, 6) is 0.491. The van der Waals surface area contributed by atoms with Crippen molar-refractivity contribution in [2.24, 2.45) is 0 Å². The summed E-state index contributed by atoms with van der Waals surface area (Å²) in [5.41, 5.74) is 0.689. The molecule has 0 amide bonds. The molecule has 0 aliphatic carbocycles. The molecule has 1 N–H and O–H groups in total. The third-order valence-corrected chi connectivity index (χ3v) is 3.01. The summed E-state index contributed by atoms with van der Waals surface area (Å²) in [5, 5.41) is 8.67. The lowest BCUT2D eigenvalue weighted by Gasteiger charge is -2.33. The van der Waals surface area contributed by atoms with Gasteiger partial charge >= 0.3 is 0 Å². The van der Waals surface area contributed by atoms with Crippen molar-refractivity contribution in [2.75, 3.05) is 33.2 Å². The SMILES string of the molecule is CN1CCN(C(=N)c2ccc(Cl)cn2)CC1. The van der Waals surface area contributed by atoms with Crippen molar-refractivity contribution < 1.29 is 0 Å². The number of rotatable bonds is 1. The molecule has 5 heteroatoms. The van der Waals surface area contributed by atoms with E-state index >= 15 is 0 Å². The fraction of sp³-hybridized carbons (Fsp3) is 0.455. The van der Waals surface area contributed by atoms with Gasteiger partial charge in [-0.25, -0.2) is 0 Å². The van der Waals surface area contributed by atoms with E-state index in [2.05, 4.69) is 21.8 Å². The van der Waals surface area contributed by atoms with Gasteiger partial charge < -0.3 is 9.80 Å². The zero-order chi connectivity index (χ0) is 11.5. The third kappa shape index (κ3) is 2.51. The molecule has 0 aromatic carbocycles. The van der Waals surface area contributed by atoms with Crippen LogP contribution in [0.2, 0.25) is 5.02 Å². The van der Waals surface area contributed by atoms with Crippen LogP contribution in [-0.2, 0) is 0 Å². The molecule has 1 saturated heterocycles. The van der Waals surface area contributed by atoms with E-state index in [0.29, 0.717) is 16.6 Å². The number of amidine groups is 1. The number of halogens is 1. The van der Waals surface area contributed by atoms with Gasteiger partial charge in [-0.05, 0) is 19.2 Å². The molecule has 1 aliphatic rings. The van der Waals surface area contributed by atoms with Crippen LogP contribution in [0.15, 0.2) is 18.3 Å². The topological polar surface area (TPSA) is 43.2 Å². The van der Waals surface area contributed by atoms with E-state index in [-0.39, 0.29) is 0 Å². The van der Waals surface area contributed by atoms with Crippen LogP contribution in [0.4, 0.5) is 0 Å². The normalized spacial score (nSPS) is 17.5. The second-order valence-electron chi connectivity index (χ2n) is 4.00. The van der Waals surface area contributed by atoms with Crippen LogP contribution in [0.5, 0.6) is 0 Å². The van der Waals surface area contributed by atoms with Crippen LogP contribution in [0, 0.1) is 5.41 Å². The quantitative estimate of drug-likeness (QED) is 0.593. The minimum Gasteiger partial charge on any atom is -0.353 e. The molecular formula is C11H15ClN4. The maximum atomic E-state index is 8.06. The summed E-state index contributed by atoms with van der Waals surface area (Å²) in [6, 6.07) is 3.57. The second kappa shape index (κ2) is 4.80. The van der Waals surface area contributed by atoms with Crippen LogP contribution >= 0.6 is 11.6 Å². The first kappa shape index (κ1) is 11.4. The van der Waals surface area contributed by atoms with E-state index in [1.165, 1.54) is 0 Å². The van der Waals surface area contributed by atoms with Crippen LogP contribution in [0.3, 0.4) is 0 Å². The Labute approximate surface area is 100 Å². The number of hydrogen-bond acceptors (Lipinski definition) is 3. The minimum absolute atomic E-state index is 0.491. The Hall–Kier alpha value is -1.13. The van der Waals surface area contributed by atoms with E-state index in [1.807, 2.05) is 0 Å². The van der Waals surface area contributed by atoms with Gasteiger partial charge in [0.1, 0.15) is 11.5 Å². The Kier molecular flexibility index (Phi) is 3.41. The van der Waals surface area contributed by atoms with Gasteiger partial charge in [-0.1, -0.05) is 11.6 Å². The number of likely N-dealkylation sites (N-methyl/N-ethyl adjacent to an activating group) is 1. The highest BCUT2D eigenvalue weighted by atomic mass is 35.5. The number of nitrogens with one attached hydrogen (secondary N) is 1. The fourth-order valence-electron chi connectivity index (χ4n) is 1.71. The molecule has 0 saturated carbocycles. The first-order valence-corrected chi connectivity index (χ1v) is 5.68. The molecule has 4 nitrogen and oxygen atoms in total. The number of piperazine rings is 1. The van der Waals surface area contributed by atoms with E-state index in [1.54, 1.807) is 18.3 Å². The number of aromatic nitrogens is 1. The maximum absolute atomic E-state index is 8.06. The van der Waals surface area contributed by atoms with Gasteiger partial charge in [0.2, 0.25) is 0 Å². The molecule has 2 heterocycles. The summed E-state index contributed by atoms with van der Waals surface area (Å²) in [6.45, 7) is 3.77. The van der Waals surface area contributed by atoms with Gasteiger partial charge in [-0.15, -0.1) is 0 Å². The van der Waals surface area contributed by atoms with Crippen molar-refractivity contribution in [2.45, 2.75) is 0 Å². The molecule has 0 atom stereocenters. The average Bonchev–Trinajstić information content (AvgIpc) is 2.30. The largest absolute Gasteiger partial charge is 0.353 e. The molecule has 0 spiro atoms. The van der Waals surface area contributed by atoms with Crippen molar-refractivity contribution in [3.63, 3.8) is 0 Å². The predicted octanol–water partition coefficient (Wildman–Crippen LogP) is 1.31. The third-order valence-electron chi connectivity index (χ3n) is 2.79. The molecular weight excluding hydrogens is 224 g/mol. The Morgan fingerprint density at radius 2 is 2.00 bits per heavy atom. The number of hydrogen-bond donors (Lipinski definition) is 1. The lowest BCUT2D eigenvalue weighted by atomic mass is 10.2. The Morgan fingerprint density at radius 1 is 1.31 bits per heavy atom. The van der Waals surface area contributed by atoms with Gasteiger partial charge in [0.15, 0.2) is 0 Å². The summed E-state index contributed by atoms with van der Waals surface area (Å²) < 4.78 is 0. The van der Waals surface area contributed by atoms with Crippen LogP contribution in [-0.4, -0.2) is 53.8 Å². The predicted molar refractivity (Wildman–Crippen MR) is 65.1 cm³/mol. The van der Waals surface area contributed by atoms with Crippen LogP contribution in [0.1, 0.15) is 5.69 Å². The second-order valence-corrected chi connectivity index (χ2v) is 4.44. The monoisotopic (exact) mass is 238 g/mol. The maximum Gasteiger partial charge on any atom is 0.147 e. The molecule has 1 aromatic rings. The molecule has 0 bridgehead atoms. The van der Waals surface area contributed by atoms with E-state index in [4.69, 9.17) is 17.0 Å². The summed E-state index contributed by atoms with van der Waals surface area (Å²) >= 11 is 5.77. The first-order valence-electron chi connectivity index (χ1n) is 5.31. The zero-order valence-corrected chi connectivity index (χ0v) is 10.0. The molecule has 1 aromatic heterocycles. The highest BCUT2D eigenvalue weighted by molar-refractivity contribution is 6.30. The van der Waals surface area contributed by atoms with Crippen molar-refractivity contribution in [1.29, 1.82) is 5.41 Å². The Bertz CT molecular complexity index is 368. The molecule has 1 aliphatic heterocycles. The molecule has 16 heavy (non-hydrogen) atoms. The van der Waals surface area contributed by atoms with Crippen molar-refractivity contribution in [1.82, 2.24) is 14.8 Å². The summed E-state index contributed by atoms with van der Waals surface area (Å²) in [4.78, 5) is 8.48. The lowest BCUT2D eigenvalue weighted by Crippen LogP contribution is -2.47. The van der Waals surface area contributed by atoms with Gasteiger partial charge in [0, 0.05) is 32.4 Å². The summed E-state index contributed by atoms with van der Waals surface area (Å²) in [6.07, 6.45) is 1.58. The van der Waals surface area contributed by atoms with Crippen LogP contribution in [0.25, 0.3) is 0 Å². The molecule has 2 rings (SSSR count). The molecule has 0 unspecified atom stereocenters. The summed E-state index contributed by atoms with van der Waals surface area (Å²) in [7, 11) is 2.10. The molecule has 1 fully saturated rings. The van der Waals surface area contributed by atoms with E-state index in [9.17, 15) is 0 Å². The van der Waals surface area contributed by atoms with Gasteiger partial charge in [-0.2, -0.15) is 0 Å². The van der Waals surface area contributed by atoms with Crippen molar-refractivity contribution >= 4 is 17.4 Å². The van der Waals surface area contributed by atoms with Crippen molar-refractivity contribution in [3.05, 3.63) is 29.0 Å². The molecule has 86 valence electrons.